The van der Waals surface area contributed by atoms with Crippen LogP contribution in [0.1, 0.15) is 5.56 Å². The molecule has 1 aromatic carbocycles. The van der Waals surface area contributed by atoms with Crippen molar-refractivity contribution in [3.8, 4) is 22.6 Å². The van der Waals surface area contributed by atoms with Crippen molar-refractivity contribution in [2.24, 2.45) is 0 Å². The lowest BCUT2D eigenvalue weighted by molar-refractivity contribution is 0.390. The molecule has 0 radical (unpaired) electrons. The topological polar surface area (TPSA) is 73.2 Å². The number of rotatable bonds is 3. The van der Waals surface area contributed by atoms with Crippen molar-refractivity contribution in [2.45, 2.75) is 6.92 Å². The zero-order chi connectivity index (χ0) is 12.4. The summed E-state index contributed by atoms with van der Waals surface area (Å²) in [7, 11) is 3.26. The monoisotopic (exact) mass is 233 g/mol. The molecule has 0 atom stereocenters. The second kappa shape index (κ2) is 4.37. The van der Waals surface area contributed by atoms with E-state index in [-0.39, 0.29) is 0 Å². The zero-order valence-corrected chi connectivity index (χ0v) is 10.1. The molecule has 3 N–H and O–H groups in total. The number of benzene rings is 1. The lowest BCUT2D eigenvalue weighted by Crippen LogP contribution is -1.96. The van der Waals surface area contributed by atoms with E-state index < -0.39 is 0 Å². The SMILES string of the molecule is COc1ccc(-c2cn[nH]c2N)c(OC)c1C. The number of hydrogen-bond donors (Lipinski definition) is 2. The molecule has 2 aromatic rings. The average molecular weight is 233 g/mol. The van der Waals surface area contributed by atoms with Gasteiger partial charge in [-0.2, -0.15) is 5.10 Å². The molecular formula is C12H15N3O2. The molecule has 0 bridgehead atoms. The summed E-state index contributed by atoms with van der Waals surface area (Å²) in [6, 6.07) is 3.80. The first kappa shape index (κ1) is 11.3. The fourth-order valence-electron chi connectivity index (χ4n) is 1.88. The van der Waals surface area contributed by atoms with Crippen LogP contribution in [0.25, 0.3) is 11.1 Å². The van der Waals surface area contributed by atoms with Crippen LogP contribution in [0.15, 0.2) is 18.3 Å². The third kappa shape index (κ3) is 1.80. The van der Waals surface area contributed by atoms with Gasteiger partial charge in [0.15, 0.2) is 0 Å². The molecule has 5 heteroatoms. The molecular weight excluding hydrogens is 218 g/mol. The standard InChI is InChI=1S/C12H15N3O2/c1-7-10(16-2)5-4-8(11(7)17-3)9-6-14-15-12(9)13/h4-6H,1-3H3,(H3,13,14,15). The summed E-state index contributed by atoms with van der Waals surface area (Å²) >= 11 is 0. The van der Waals surface area contributed by atoms with E-state index in [9.17, 15) is 0 Å². The van der Waals surface area contributed by atoms with E-state index >= 15 is 0 Å². The van der Waals surface area contributed by atoms with E-state index in [2.05, 4.69) is 10.2 Å². The second-order valence-electron chi connectivity index (χ2n) is 3.67. The highest BCUT2D eigenvalue weighted by Gasteiger charge is 2.15. The Balaban J connectivity index is 2.63. The largest absolute Gasteiger partial charge is 0.496 e. The number of aromatic nitrogens is 2. The maximum Gasteiger partial charge on any atom is 0.133 e. The molecule has 2 rings (SSSR count). The summed E-state index contributed by atoms with van der Waals surface area (Å²) in [6.45, 7) is 1.94. The van der Waals surface area contributed by atoms with Gasteiger partial charge in [-0.1, -0.05) is 0 Å². The van der Waals surface area contributed by atoms with Gasteiger partial charge in [-0.05, 0) is 19.1 Å². The third-order valence-corrected chi connectivity index (χ3v) is 2.74. The van der Waals surface area contributed by atoms with Gasteiger partial charge in [0.25, 0.3) is 0 Å². The molecule has 0 saturated carbocycles. The van der Waals surface area contributed by atoms with Crippen molar-refractivity contribution < 1.29 is 9.47 Å². The molecule has 17 heavy (non-hydrogen) atoms. The van der Waals surface area contributed by atoms with Crippen LogP contribution in [0.3, 0.4) is 0 Å². The van der Waals surface area contributed by atoms with Gasteiger partial charge in [0, 0.05) is 16.7 Å². The molecule has 0 aliphatic rings. The summed E-state index contributed by atoms with van der Waals surface area (Å²) in [5.41, 5.74) is 8.48. The number of aromatic amines is 1. The predicted octanol–water partition coefficient (Wildman–Crippen LogP) is 1.98. The molecule has 0 aliphatic carbocycles. The van der Waals surface area contributed by atoms with E-state index in [0.29, 0.717) is 5.82 Å². The minimum atomic E-state index is 0.521. The molecule has 0 aliphatic heterocycles. The van der Waals surface area contributed by atoms with Gasteiger partial charge < -0.3 is 15.2 Å². The van der Waals surface area contributed by atoms with Gasteiger partial charge >= 0.3 is 0 Å². The Kier molecular flexibility index (Phi) is 2.91. The van der Waals surface area contributed by atoms with Gasteiger partial charge in [0.1, 0.15) is 17.3 Å². The Morgan fingerprint density at radius 3 is 2.47 bits per heavy atom. The van der Waals surface area contributed by atoms with Crippen molar-refractivity contribution in [3.05, 3.63) is 23.9 Å². The zero-order valence-electron chi connectivity index (χ0n) is 10.1. The van der Waals surface area contributed by atoms with Crippen molar-refractivity contribution in [2.75, 3.05) is 20.0 Å². The highest BCUT2D eigenvalue weighted by Crippen LogP contribution is 2.39. The van der Waals surface area contributed by atoms with E-state index in [1.165, 1.54) is 0 Å². The van der Waals surface area contributed by atoms with Crippen LogP contribution in [0, 0.1) is 6.92 Å². The Morgan fingerprint density at radius 1 is 1.18 bits per heavy atom. The number of nitrogens with two attached hydrogens (primary N) is 1. The van der Waals surface area contributed by atoms with Crippen LogP contribution in [0.2, 0.25) is 0 Å². The van der Waals surface area contributed by atoms with Crippen molar-refractivity contribution in [1.82, 2.24) is 10.2 Å². The number of methoxy groups -OCH3 is 2. The molecule has 5 nitrogen and oxygen atoms in total. The van der Waals surface area contributed by atoms with Crippen LogP contribution in [-0.4, -0.2) is 24.4 Å². The first-order valence-corrected chi connectivity index (χ1v) is 5.19. The molecule has 0 amide bonds. The summed E-state index contributed by atoms with van der Waals surface area (Å²) < 4.78 is 10.7. The van der Waals surface area contributed by atoms with Crippen LogP contribution in [-0.2, 0) is 0 Å². The number of nitrogen functional groups attached to an aromatic ring is 1. The predicted molar refractivity (Wildman–Crippen MR) is 66.3 cm³/mol. The lowest BCUT2D eigenvalue weighted by Gasteiger charge is -2.13. The molecule has 0 unspecified atom stereocenters. The van der Waals surface area contributed by atoms with E-state index in [1.54, 1.807) is 20.4 Å². The summed E-state index contributed by atoms with van der Waals surface area (Å²) in [5, 5.41) is 6.62. The van der Waals surface area contributed by atoms with Crippen LogP contribution in [0.4, 0.5) is 5.82 Å². The van der Waals surface area contributed by atoms with Gasteiger partial charge in [0.05, 0.1) is 20.4 Å². The van der Waals surface area contributed by atoms with Crippen LogP contribution >= 0.6 is 0 Å². The smallest absolute Gasteiger partial charge is 0.133 e. The third-order valence-electron chi connectivity index (χ3n) is 2.74. The van der Waals surface area contributed by atoms with Crippen LogP contribution < -0.4 is 15.2 Å². The van der Waals surface area contributed by atoms with Crippen molar-refractivity contribution in [1.29, 1.82) is 0 Å². The minimum absolute atomic E-state index is 0.521. The second-order valence-corrected chi connectivity index (χ2v) is 3.67. The molecule has 1 aromatic heterocycles. The fourth-order valence-corrected chi connectivity index (χ4v) is 1.88. The number of nitrogens with zero attached hydrogens (tertiary/aromatic N) is 1. The highest BCUT2D eigenvalue weighted by molar-refractivity contribution is 5.80. The van der Waals surface area contributed by atoms with Crippen LogP contribution in [0.5, 0.6) is 11.5 Å². The summed E-state index contributed by atoms with van der Waals surface area (Å²) in [5.74, 6) is 2.05. The number of hydrogen-bond acceptors (Lipinski definition) is 4. The molecule has 1 heterocycles. The number of anilines is 1. The highest BCUT2D eigenvalue weighted by atomic mass is 16.5. The molecule has 90 valence electrons. The molecule has 0 spiro atoms. The van der Waals surface area contributed by atoms with Gasteiger partial charge in [-0.25, -0.2) is 0 Å². The Hall–Kier alpha value is -2.17. The van der Waals surface area contributed by atoms with Crippen molar-refractivity contribution >= 4 is 5.82 Å². The van der Waals surface area contributed by atoms with Gasteiger partial charge in [0.2, 0.25) is 0 Å². The Bertz CT molecular complexity index is 535. The Morgan fingerprint density at radius 2 is 1.94 bits per heavy atom. The van der Waals surface area contributed by atoms with E-state index in [4.69, 9.17) is 15.2 Å². The fraction of sp³-hybridized carbons (Fsp3) is 0.250. The summed E-state index contributed by atoms with van der Waals surface area (Å²) in [6.07, 6.45) is 1.68. The first-order chi connectivity index (χ1) is 8.19. The first-order valence-electron chi connectivity index (χ1n) is 5.19. The quantitative estimate of drug-likeness (QED) is 0.850. The number of nitrogens with one attached hydrogen (secondary N) is 1. The summed E-state index contributed by atoms with van der Waals surface area (Å²) in [4.78, 5) is 0. The van der Waals surface area contributed by atoms with E-state index in [0.717, 1.165) is 28.2 Å². The van der Waals surface area contributed by atoms with Gasteiger partial charge in [-0.15, -0.1) is 0 Å². The average Bonchev–Trinajstić information content (AvgIpc) is 2.75. The van der Waals surface area contributed by atoms with E-state index in [1.807, 2.05) is 19.1 Å². The number of H-pyrrole nitrogens is 1. The molecule has 0 fully saturated rings. The maximum atomic E-state index is 5.81. The lowest BCUT2D eigenvalue weighted by atomic mass is 10.0. The number of ether oxygens (including phenoxy) is 2. The normalized spacial score (nSPS) is 10.3. The van der Waals surface area contributed by atoms with Crippen molar-refractivity contribution in [3.63, 3.8) is 0 Å². The maximum absolute atomic E-state index is 5.81. The Labute approximate surface area is 99.5 Å². The minimum Gasteiger partial charge on any atom is -0.496 e. The molecule has 0 saturated heterocycles. The van der Waals surface area contributed by atoms with Gasteiger partial charge in [-0.3, -0.25) is 5.10 Å².